The van der Waals surface area contributed by atoms with E-state index >= 15 is 0 Å². The Morgan fingerprint density at radius 1 is 1.15 bits per heavy atom. The Kier molecular flexibility index (Phi) is 7.98. The predicted molar refractivity (Wildman–Crippen MR) is 129 cm³/mol. The highest BCUT2D eigenvalue weighted by Crippen LogP contribution is 2.38. The quantitative estimate of drug-likeness (QED) is 0.535. The van der Waals surface area contributed by atoms with Gasteiger partial charge in [0.1, 0.15) is 17.4 Å². The highest BCUT2D eigenvalue weighted by Gasteiger charge is 2.35. The van der Waals surface area contributed by atoms with Crippen molar-refractivity contribution >= 4 is 5.91 Å². The number of amides is 1. The normalized spacial score (nSPS) is 19.6. The molecule has 0 aliphatic carbocycles. The summed E-state index contributed by atoms with van der Waals surface area (Å²) in [5, 5.41) is 17.2. The predicted octanol–water partition coefficient (Wildman–Crippen LogP) is 4.25. The lowest BCUT2D eigenvalue weighted by atomic mass is 9.82. The third kappa shape index (κ3) is 7.00. The van der Waals surface area contributed by atoms with Gasteiger partial charge in [0.05, 0.1) is 18.8 Å². The number of hydrogen-bond acceptors (Lipinski definition) is 4. The van der Waals surface area contributed by atoms with Crippen LogP contribution in [0.25, 0.3) is 0 Å². The minimum absolute atomic E-state index is 0.100. The first-order valence-electron chi connectivity index (χ1n) is 11.8. The average Bonchev–Trinajstić information content (AvgIpc) is 2.70. The third-order valence-electron chi connectivity index (χ3n) is 6.16. The number of carbonyl (C=O) groups excluding carboxylic acids is 1. The van der Waals surface area contributed by atoms with Crippen molar-refractivity contribution in [2.24, 2.45) is 5.41 Å². The van der Waals surface area contributed by atoms with E-state index in [0.29, 0.717) is 18.6 Å². The minimum Gasteiger partial charge on any atom is -0.493 e. The lowest BCUT2D eigenvalue weighted by Crippen LogP contribution is -2.52. The highest BCUT2D eigenvalue weighted by molar-refractivity contribution is 5.73. The van der Waals surface area contributed by atoms with Crippen molar-refractivity contribution in [3.05, 3.63) is 64.7 Å². The van der Waals surface area contributed by atoms with Crippen LogP contribution in [-0.2, 0) is 23.2 Å². The zero-order valence-corrected chi connectivity index (χ0v) is 20.7. The molecule has 1 heterocycles. The van der Waals surface area contributed by atoms with Gasteiger partial charge in [-0.15, -0.1) is 0 Å². The molecule has 7 heteroatoms. The van der Waals surface area contributed by atoms with Gasteiger partial charge in [-0.25, -0.2) is 8.78 Å². The van der Waals surface area contributed by atoms with Crippen molar-refractivity contribution in [2.75, 3.05) is 13.2 Å². The molecule has 1 aliphatic heterocycles. The summed E-state index contributed by atoms with van der Waals surface area (Å²) in [6.45, 7) is 10.8. The van der Waals surface area contributed by atoms with E-state index in [1.54, 1.807) is 0 Å². The minimum atomic E-state index is -0.976. The summed E-state index contributed by atoms with van der Waals surface area (Å²) in [6.07, 6.45) is 0.763. The molecule has 186 valence electrons. The summed E-state index contributed by atoms with van der Waals surface area (Å²) < 4.78 is 33.2. The fourth-order valence-corrected chi connectivity index (χ4v) is 4.54. The first-order valence-corrected chi connectivity index (χ1v) is 11.8. The summed E-state index contributed by atoms with van der Waals surface area (Å²) in [5.41, 5.74) is 2.33. The van der Waals surface area contributed by atoms with E-state index < -0.39 is 29.3 Å². The number of aliphatic hydroxyl groups excluding tert-OH is 1. The van der Waals surface area contributed by atoms with Gasteiger partial charge in [-0.1, -0.05) is 32.9 Å². The van der Waals surface area contributed by atoms with Crippen LogP contribution < -0.4 is 15.4 Å². The Morgan fingerprint density at radius 2 is 1.82 bits per heavy atom. The molecule has 1 unspecified atom stereocenters. The van der Waals surface area contributed by atoms with Gasteiger partial charge < -0.3 is 20.5 Å². The number of aliphatic hydroxyl groups is 1. The van der Waals surface area contributed by atoms with Crippen LogP contribution in [0.4, 0.5) is 8.78 Å². The summed E-state index contributed by atoms with van der Waals surface area (Å²) >= 11 is 0. The molecule has 0 bridgehead atoms. The molecule has 0 spiro atoms. The summed E-state index contributed by atoms with van der Waals surface area (Å²) in [5.74, 6) is -0.888. The van der Waals surface area contributed by atoms with Crippen molar-refractivity contribution in [3.8, 4) is 5.75 Å². The van der Waals surface area contributed by atoms with E-state index in [-0.39, 0.29) is 24.3 Å². The van der Waals surface area contributed by atoms with Crippen LogP contribution >= 0.6 is 0 Å². The Labute approximate surface area is 200 Å². The molecule has 0 saturated heterocycles. The number of benzene rings is 2. The van der Waals surface area contributed by atoms with Crippen LogP contribution in [0.1, 0.15) is 57.7 Å². The monoisotopic (exact) mass is 474 g/mol. The average molecular weight is 475 g/mol. The van der Waals surface area contributed by atoms with Crippen LogP contribution in [-0.4, -0.2) is 36.3 Å². The van der Waals surface area contributed by atoms with E-state index in [4.69, 9.17) is 4.74 Å². The summed E-state index contributed by atoms with van der Waals surface area (Å²) in [6, 6.07) is 8.78. The van der Waals surface area contributed by atoms with Gasteiger partial charge >= 0.3 is 0 Å². The fourth-order valence-electron chi connectivity index (χ4n) is 4.54. The maximum atomic E-state index is 13.6. The molecule has 3 N–H and O–H groups in total. The van der Waals surface area contributed by atoms with Crippen molar-refractivity contribution in [1.29, 1.82) is 0 Å². The molecule has 2 aromatic carbocycles. The van der Waals surface area contributed by atoms with Crippen molar-refractivity contribution in [1.82, 2.24) is 10.6 Å². The second-order valence-electron chi connectivity index (χ2n) is 10.7. The van der Waals surface area contributed by atoms with E-state index in [1.807, 2.05) is 6.07 Å². The maximum absolute atomic E-state index is 13.6. The maximum Gasteiger partial charge on any atom is 0.217 e. The molecule has 1 aliphatic rings. The first kappa shape index (κ1) is 26.1. The largest absolute Gasteiger partial charge is 0.493 e. The van der Waals surface area contributed by atoms with Gasteiger partial charge in [0.15, 0.2) is 0 Å². The number of halogens is 2. The second kappa shape index (κ2) is 10.4. The number of fused-ring (bicyclic) bond motifs is 1. The van der Waals surface area contributed by atoms with Gasteiger partial charge in [0.2, 0.25) is 5.91 Å². The Morgan fingerprint density at radius 3 is 2.44 bits per heavy atom. The van der Waals surface area contributed by atoms with Crippen LogP contribution in [0.3, 0.4) is 0 Å². The molecule has 0 radical (unpaired) electrons. The van der Waals surface area contributed by atoms with Crippen molar-refractivity contribution < 1.29 is 23.4 Å². The summed E-state index contributed by atoms with van der Waals surface area (Å²) in [4.78, 5) is 11.8. The van der Waals surface area contributed by atoms with Crippen LogP contribution in [0, 0.1) is 17.0 Å². The van der Waals surface area contributed by atoms with Gasteiger partial charge in [-0.2, -0.15) is 0 Å². The molecule has 0 saturated carbocycles. The van der Waals surface area contributed by atoms with Crippen LogP contribution in [0.15, 0.2) is 36.4 Å². The van der Waals surface area contributed by atoms with Gasteiger partial charge in [0.25, 0.3) is 0 Å². The molecular formula is C27H36F2N2O3. The molecule has 5 nitrogen and oxygen atoms in total. The standard InChI is InChI=1S/C27H36F2N2O3/c1-17(32)31-23(13-19-10-20(28)14-21(29)11-19)24(33)16-30-27(5)8-9-34-25-7-6-18(12-22(25)27)15-26(2,3)4/h6-7,10-12,14,23-24,30,33H,8-9,13,15-16H2,1-5H3,(H,31,32)/t23-,24-,27?/m0/s1. The zero-order chi connectivity index (χ0) is 25.1. The van der Waals surface area contributed by atoms with E-state index in [0.717, 1.165) is 23.8 Å². The molecule has 0 fully saturated rings. The SMILES string of the molecule is CC(=O)N[C@@H](Cc1cc(F)cc(F)c1)[C@@H](O)CNC1(C)CCOc2ccc(CC(C)(C)C)cc21. The van der Waals surface area contributed by atoms with E-state index in [9.17, 15) is 18.7 Å². The van der Waals surface area contributed by atoms with Gasteiger partial charge in [-0.3, -0.25) is 4.79 Å². The highest BCUT2D eigenvalue weighted by atomic mass is 19.1. The third-order valence-corrected chi connectivity index (χ3v) is 6.16. The zero-order valence-electron chi connectivity index (χ0n) is 20.7. The molecule has 1 amide bonds. The molecular weight excluding hydrogens is 438 g/mol. The lowest BCUT2D eigenvalue weighted by Gasteiger charge is -2.38. The number of hydrogen-bond donors (Lipinski definition) is 3. The number of rotatable bonds is 8. The molecule has 3 rings (SSSR count). The van der Waals surface area contributed by atoms with Gasteiger partial charge in [-0.05, 0) is 54.5 Å². The lowest BCUT2D eigenvalue weighted by molar-refractivity contribution is -0.120. The van der Waals surface area contributed by atoms with Gasteiger partial charge in [0, 0.05) is 37.1 Å². The molecule has 0 aromatic heterocycles. The topological polar surface area (TPSA) is 70.6 Å². The first-order chi connectivity index (χ1) is 15.8. The molecule has 34 heavy (non-hydrogen) atoms. The second-order valence-corrected chi connectivity index (χ2v) is 10.7. The molecule has 2 aromatic rings. The smallest absolute Gasteiger partial charge is 0.217 e. The molecule has 3 atom stereocenters. The Hall–Kier alpha value is -2.51. The summed E-state index contributed by atoms with van der Waals surface area (Å²) in [7, 11) is 0. The van der Waals surface area contributed by atoms with E-state index in [1.165, 1.54) is 24.6 Å². The number of nitrogens with one attached hydrogen (secondary N) is 2. The number of ether oxygens (including phenoxy) is 1. The van der Waals surface area contributed by atoms with Crippen molar-refractivity contribution in [3.63, 3.8) is 0 Å². The Bertz CT molecular complexity index is 1000. The number of carbonyl (C=O) groups is 1. The van der Waals surface area contributed by atoms with Crippen molar-refractivity contribution in [2.45, 2.75) is 71.6 Å². The Balaban J connectivity index is 1.76. The van der Waals surface area contributed by atoms with Crippen LogP contribution in [0.5, 0.6) is 5.75 Å². The van der Waals surface area contributed by atoms with E-state index in [2.05, 4.69) is 50.5 Å². The van der Waals surface area contributed by atoms with Crippen LogP contribution in [0.2, 0.25) is 0 Å². The fraction of sp³-hybridized carbons (Fsp3) is 0.519.